The first-order valence-corrected chi connectivity index (χ1v) is 7.06. The Hall–Kier alpha value is -2.76. The molecule has 0 aliphatic heterocycles. The van der Waals surface area contributed by atoms with Crippen LogP contribution < -0.4 is 0 Å². The number of fused-ring (bicyclic) bond motifs is 3. The molecule has 1 aliphatic carbocycles. The van der Waals surface area contributed by atoms with Crippen LogP contribution in [0.1, 0.15) is 6.92 Å². The van der Waals surface area contributed by atoms with Gasteiger partial charge in [-0.05, 0) is 31.2 Å². The molecule has 0 amide bonds. The molecule has 0 spiro atoms. The lowest BCUT2D eigenvalue weighted by molar-refractivity contribution is 1.53. The Bertz CT molecular complexity index is 834. The zero-order valence-electron chi connectivity index (χ0n) is 12.0. The van der Waals surface area contributed by atoms with Crippen molar-refractivity contribution in [2.75, 3.05) is 0 Å². The standard InChI is InChI=1S/C12H9N.C8H8/c1-3-7-11-9(5-1)10-6-2-4-8-12(10)13-11;1-8-6-4-2-3-5-7-8/h1-8,13H;2,4-7H,1H3. The van der Waals surface area contributed by atoms with Gasteiger partial charge in [0.25, 0.3) is 0 Å². The summed E-state index contributed by atoms with van der Waals surface area (Å²) in [5.74, 6) is 0. The lowest BCUT2D eigenvalue weighted by Gasteiger charge is -1.87. The molecule has 1 aliphatic rings. The van der Waals surface area contributed by atoms with E-state index in [0.29, 0.717) is 0 Å². The summed E-state index contributed by atoms with van der Waals surface area (Å²) in [5.41, 5.74) is 6.66. The molecule has 4 rings (SSSR count). The normalized spacial score (nSPS) is 12.9. The van der Waals surface area contributed by atoms with Crippen molar-refractivity contribution in [3.05, 3.63) is 90.2 Å². The summed E-state index contributed by atoms with van der Waals surface area (Å²) in [5, 5.41) is 2.61. The molecule has 2 aromatic carbocycles. The summed E-state index contributed by atoms with van der Waals surface area (Å²) in [4.78, 5) is 3.38. The molecular weight excluding hydrogens is 254 g/mol. The third kappa shape index (κ3) is 3.05. The van der Waals surface area contributed by atoms with E-state index < -0.39 is 0 Å². The summed E-state index contributed by atoms with van der Waals surface area (Å²) in [6.07, 6.45) is 9.87. The molecule has 1 heterocycles. The fourth-order valence-corrected chi connectivity index (χ4v) is 2.35. The van der Waals surface area contributed by atoms with Crippen LogP contribution in [0.2, 0.25) is 0 Å². The molecule has 1 heteroatoms. The number of aromatic nitrogens is 1. The fraction of sp³-hybridized carbons (Fsp3) is 0.0500. The van der Waals surface area contributed by atoms with Crippen LogP contribution in [0.15, 0.2) is 90.2 Å². The Balaban J connectivity index is 0.000000143. The summed E-state index contributed by atoms with van der Waals surface area (Å²) in [7, 11) is 0. The number of aromatic amines is 1. The van der Waals surface area contributed by atoms with E-state index in [1.165, 1.54) is 27.4 Å². The van der Waals surface area contributed by atoms with Crippen molar-refractivity contribution < 1.29 is 0 Å². The Morgan fingerprint density at radius 3 is 2.10 bits per heavy atom. The number of allylic oxidation sites excluding steroid dienone is 5. The molecule has 21 heavy (non-hydrogen) atoms. The van der Waals surface area contributed by atoms with Gasteiger partial charge >= 0.3 is 0 Å². The second-order valence-corrected chi connectivity index (χ2v) is 4.99. The van der Waals surface area contributed by atoms with Gasteiger partial charge in [-0.2, -0.15) is 0 Å². The lowest BCUT2D eigenvalue weighted by Crippen LogP contribution is -1.62. The van der Waals surface area contributed by atoms with Gasteiger partial charge in [0.1, 0.15) is 0 Å². The highest BCUT2D eigenvalue weighted by Gasteiger charge is 2.00. The minimum Gasteiger partial charge on any atom is -0.355 e. The van der Waals surface area contributed by atoms with Gasteiger partial charge in [0.15, 0.2) is 0 Å². The van der Waals surface area contributed by atoms with Gasteiger partial charge in [-0.3, -0.25) is 0 Å². The zero-order chi connectivity index (χ0) is 14.5. The Morgan fingerprint density at radius 1 is 0.810 bits per heavy atom. The van der Waals surface area contributed by atoms with Crippen LogP contribution in [-0.4, -0.2) is 4.98 Å². The van der Waals surface area contributed by atoms with Crippen molar-refractivity contribution in [1.82, 2.24) is 4.98 Å². The lowest BCUT2D eigenvalue weighted by atomic mass is 10.2. The highest BCUT2D eigenvalue weighted by Crippen LogP contribution is 2.24. The maximum atomic E-state index is 3.38. The van der Waals surface area contributed by atoms with E-state index in [-0.39, 0.29) is 0 Å². The van der Waals surface area contributed by atoms with Crippen LogP contribution in [0, 0.1) is 0 Å². The molecule has 102 valence electrons. The van der Waals surface area contributed by atoms with Crippen LogP contribution in [0.25, 0.3) is 21.8 Å². The summed E-state index contributed by atoms with van der Waals surface area (Å²) in [6, 6.07) is 16.8. The van der Waals surface area contributed by atoms with Gasteiger partial charge < -0.3 is 4.98 Å². The number of para-hydroxylation sites is 2. The van der Waals surface area contributed by atoms with E-state index in [1.807, 2.05) is 24.3 Å². The van der Waals surface area contributed by atoms with Gasteiger partial charge in [0, 0.05) is 21.8 Å². The zero-order valence-corrected chi connectivity index (χ0v) is 12.0. The molecule has 0 bridgehead atoms. The number of rotatable bonds is 0. The first-order chi connectivity index (χ1) is 10.3. The van der Waals surface area contributed by atoms with Crippen molar-refractivity contribution in [1.29, 1.82) is 0 Å². The number of H-pyrrole nitrogens is 1. The topological polar surface area (TPSA) is 15.8 Å². The largest absolute Gasteiger partial charge is 0.355 e. The molecular formula is C20H17N. The van der Waals surface area contributed by atoms with Crippen LogP contribution in [-0.2, 0) is 0 Å². The number of nitrogens with one attached hydrogen (secondary N) is 1. The number of hydrogen-bond donors (Lipinski definition) is 1. The van der Waals surface area contributed by atoms with E-state index in [0.717, 1.165) is 0 Å². The number of hydrogen-bond acceptors (Lipinski definition) is 0. The Labute approximate surface area is 124 Å². The first-order valence-electron chi connectivity index (χ1n) is 7.06. The predicted octanol–water partition coefficient (Wildman–Crippen LogP) is 5.53. The number of benzene rings is 2. The van der Waals surface area contributed by atoms with E-state index in [2.05, 4.69) is 72.2 Å². The minimum atomic E-state index is 1.21. The molecule has 1 N–H and O–H groups in total. The second-order valence-electron chi connectivity index (χ2n) is 4.99. The van der Waals surface area contributed by atoms with Crippen molar-refractivity contribution in [2.24, 2.45) is 0 Å². The molecule has 0 saturated heterocycles. The third-order valence-corrected chi connectivity index (χ3v) is 3.41. The molecule has 1 nitrogen and oxygen atoms in total. The minimum absolute atomic E-state index is 1.21. The van der Waals surface area contributed by atoms with Crippen LogP contribution in [0.4, 0.5) is 0 Å². The summed E-state index contributed by atoms with van der Waals surface area (Å²) >= 11 is 0. The van der Waals surface area contributed by atoms with Crippen molar-refractivity contribution in [3.8, 4) is 0 Å². The molecule has 0 saturated carbocycles. The Kier molecular flexibility index (Phi) is 3.86. The molecule has 0 fully saturated rings. The Morgan fingerprint density at radius 2 is 1.43 bits per heavy atom. The second kappa shape index (κ2) is 6.13. The molecule has 1 aromatic heterocycles. The van der Waals surface area contributed by atoms with Crippen molar-refractivity contribution >= 4 is 21.8 Å². The van der Waals surface area contributed by atoms with Crippen molar-refractivity contribution in [2.45, 2.75) is 6.92 Å². The average molecular weight is 271 g/mol. The predicted molar refractivity (Wildman–Crippen MR) is 91.4 cm³/mol. The maximum absolute atomic E-state index is 3.38. The SMILES string of the molecule is CC1=CC=C=CC=C1.c1ccc2c(c1)[nH]c1ccccc12. The maximum Gasteiger partial charge on any atom is 0.0464 e. The smallest absolute Gasteiger partial charge is 0.0464 e. The summed E-state index contributed by atoms with van der Waals surface area (Å²) < 4.78 is 0. The van der Waals surface area contributed by atoms with E-state index in [4.69, 9.17) is 0 Å². The van der Waals surface area contributed by atoms with Crippen LogP contribution in [0.3, 0.4) is 0 Å². The van der Waals surface area contributed by atoms with E-state index >= 15 is 0 Å². The summed E-state index contributed by atoms with van der Waals surface area (Å²) in [6.45, 7) is 2.06. The molecule has 0 unspecified atom stereocenters. The fourth-order valence-electron chi connectivity index (χ4n) is 2.35. The molecule has 3 aromatic rings. The van der Waals surface area contributed by atoms with Crippen molar-refractivity contribution in [3.63, 3.8) is 0 Å². The van der Waals surface area contributed by atoms with Gasteiger partial charge in [0.05, 0.1) is 0 Å². The monoisotopic (exact) mass is 271 g/mol. The quantitative estimate of drug-likeness (QED) is 0.517. The van der Waals surface area contributed by atoms with Gasteiger partial charge in [-0.25, -0.2) is 0 Å². The van der Waals surface area contributed by atoms with E-state index in [1.54, 1.807) is 0 Å². The van der Waals surface area contributed by atoms with Gasteiger partial charge in [-0.15, -0.1) is 5.73 Å². The van der Waals surface area contributed by atoms with E-state index in [9.17, 15) is 0 Å². The van der Waals surface area contributed by atoms with Crippen LogP contribution in [0.5, 0.6) is 0 Å². The molecule has 0 atom stereocenters. The average Bonchev–Trinajstić information content (AvgIpc) is 2.73. The van der Waals surface area contributed by atoms with Crippen LogP contribution >= 0.6 is 0 Å². The van der Waals surface area contributed by atoms with Gasteiger partial charge in [-0.1, -0.05) is 60.2 Å². The first kappa shape index (κ1) is 13.2. The third-order valence-electron chi connectivity index (χ3n) is 3.41. The molecule has 0 radical (unpaired) electrons. The highest BCUT2D eigenvalue weighted by molar-refractivity contribution is 6.06. The highest BCUT2D eigenvalue weighted by atomic mass is 14.7. The van der Waals surface area contributed by atoms with Gasteiger partial charge in [0.2, 0.25) is 0 Å².